The van der Waals surface area contributed by atoms with E-state index >= 15 is 0 Å². The van der Waals surface area contributed by atoms with Crippen LogP contribution >= 0.6 is 0 Å². The fourth-order valence-corrected chi connectivity index (χ4v) is 11.7. The number of aliphatic hydroxyl groups excluding tert-OH is 3. The van der Waals surface area contributed by atoms with Gasteiger partial charge < -0.3 is 58.5 Å². The first kappa shape index (κ1) is 57.4. The molecule has 0 amide bonds. The summed E-state index contributed by atoms with van der Waals surface area (Å²) in [6, 6.07) is 29.9. The summed E-state index contributed by atoms with van der Waals surface area (Å²) in [6.45, 7) is 18.1. The molecule has 400 valence electrons. The molecule has 0 radical (unpaired) electrons. The molecule has 6 rings (SSSR count). The van der Waals surface area contributed by atoms with E-state index < -0.39 is 107 Å². The highest BCUT2D eigenvalue weighted by Crippen LogP contribution is 2.43. The smallest absolute Gasteiger partial charge is 0.311 e. The van der Waals surface area contributed by atoms with Crippen molar-refractivity contribution in [3.8, 4) is 0 Å². The molecule has 3 aliphatic rings. The first-order valence-electron chi connectivity index (χ1n) is 25.9. The molecule has 3 aliphatic heterocycles. The SMILES string of the molecule is CCC1OC(=O)[C@H](C)C(O[C@H]2C[C@@](C)(OC)[C@@H](O)[C@H](C)O2)[C@H](C)[C@@H](O[C@@H]2O[C@H](C)C[C@H](N(C)C)[C@H]2O)[C@](C)(OC)C[C@@H](C)/C(=N\NC(c2ccccc2)(c2ccccc2)c2ccccc2)[C@H](C)[C@@H](O)[C@]1(C)O. The zero-order valence-electron chi connectivity index (χ0n) is 45.1. The second kappa shape index (κ2) is 23.8. The maximum atomic E-state index is 14.8. The third-order valence-corrected chi connectivity index (χ3v) is 16.3. The lowest BCUT2D eigenvalue weighted by Crippen LogP contribution is -2.61. The molecule has 0 aliphatic carbocycles. The van der Waals surface area contributed by atoms with Crippen LogP contribution in [0.25, 0.3) is 0 Å². The van der Waals surface area contributed by atoms with Crippen molar-refractivity contribution in [2.24, 2.45) is 28.8 Å². The van der Waals surface area contributed by atoms with Crippen LogP contribution in [0.2, 0.25) is 0 Å². The van der Waals surface area contributed by atoms with Crippen LogP contribution < -0.4 is 5.43 Å². The summed E-state index contributed by atoms with van der Waals surface area (Å²) in [6.07, 6.45) is -8.73. The van der Waals surface area contributed by atoms with E-state index in [-0.39, 0.29) is 31.4 Å². The van der Waals surface area contributed by atoms with Gasteiger partial charge in [-0.2, -0.15) is 5.10 Å². The zero-order valence-corrected chi connectivity index (χ0v) is 45.1. The van der Waals surface area contributed by atoms with E-state index in [1.54, 1.807) is 34.8 Å². The topological polar surface area (TPSA) is 190 Å². The minimum absolute atomic E-state index is 0.121. The average molecular weight is 1000 g/mol. The summed E-state index contributed by atoms with van der Waals surface area (Å²) in [5.74, 6) is -3.81. The van der Waals surface area contributed by atoms with Crippen molar-refractivity contribution in [1.29, 1.82) is 0 Å². The number of benzene rings is 3. The van der Waals surface area contributed by atoms with Gasteiger partial charge in [0.05, 0.1) is 47.6 Å². The van der Waals surface area contributed by atoms with Gasteiger partial charge in [0.25, 0.3) is 0 Å². The molecule has 15 heteroatoms. The Morgan fingerprint density at radius 2 is 1.28 bits per heavy atom. The van der Waals surface area contributed by atoms with Crippen LogP contribution in [0.3, 0.4) is 0 Å². The van der Waals surface area contributed by atoms with Crippen LogP contribution in [0.4, 0.5) is 0 Å². The van der Waals surface area contributed by atoms with Gasteiger partial charge in [0.15, 0.2) is 12.6 Å². The lowest BCUT2D eigenvalue weighted by Gasteiger charge is -2.50. The van der Waals surface area contributed by atoms with E-state index in [4.69, 9.17) is 38.3 Å². The highest BCUT2D eigenvalue weighted by atomic mass is 16.7. The molecule has 3 heterocycles. The van der Waals surface area contributed by atoms with Gasteiger partial charge in [-0.15, -0.1) is 0 Å². The average Bonchev–Trinajstić information content (AvgIpc) is 3.37. The van der Waals surface area contributed by atoms with Gasteiger partial charge in [-0.1, -0.05) is 119 Å². The second-order valence-electron chi connectivity index (χ2n) is 21.7. The van der Waals surface area contributed by atoms with Crippen molar-refractivity contribution in [3.05, 3.63) is 108 Å². The highest BCUT2D eigenvalue weighted by molar-refractivity contribution is 5.89. The first-order chi connectivity index (χ1) is 34.0. The Morgan fingerprint density at radius 3 is 1.76 bits per heavy atom. The molecule has 3 aromatic carbocycles. The van der Waals surface area contributed by atoms with Gasteiger partial charge in [0.1, 0.15) is 29.5 Å². The lowest BCUT2D eigenvalue weighted by atomic mass is 9.73. The number of nitrogens with one attached hydrogen (secondary N) is 1. The Balaban J connectivity index is 1.56. The third-order valence-electron chi connectivity index (χ3n) is 16.3. The molecule has 3 saturated heterocycles. The maximum absolute atomic E-state index is 14.8. The minimum atomic E-state index is -1.98. The van der Waals surface area contributed by atoms with E-state index in [2.05, 4.69) is 41.8 Å². The summed E-state index contributed by atoms with van der Waals surface area (Å²) >= 11 is 0. The van der Waals surface area contributed by atoms with E-state index in [1.807, 2.05) is 108 Å². The van der Waals surface area contributed by atoms with Crippen LogP contribution in [-0.4, -0.2) is 150 Å². The summed E-state index contributed by atoms with van der Waals surface area (Å²) in [7, 11) is 6.95. The quantitative estimate of drug-likeness (QED) is 0.0682. The van der Waals surface area contributed by atoms with Gasteiger partial charge in [-0.25, -0.2) is 0 Å². The second-order valence-corrected chi connectivity index (χ2v) is 21.7. The normalized spacial score (nSPS) is 39.3. The maximum Gasteiger partial charge on any atom is 0.311 e. The van der Waals surface area contributed by atoms with Crippen molar-refractivity contribution < 1.29 is 58.4 Å². The molecular formula is C57H85N3O12. The Labute approximate surface area is 428 Å². The fraction of sp³-hybridized carbons (Fsp3) is 0.649. The predicted molar refractivity (Wildman–Crippen MR) is 276 cm³/mol. The summed E-state index contributed by atoms with van der Waals surface area (Å²) in [4.78, 5) is 16.8. The molecule has 18 atom stereocenters. The standard InChI is InChI=1S/C57H85N3O12/c1-15-44-56(10,65)49(62)36(4)46(58-59-57(40-25-19-16-20-26-40,41-27-21-17-22-28-41)42-29-23-18-24-30-42)34(2)32-55(9,67-14)51(72-53-47(61)43(60(11)12)31-35(3)68-53)37(5)48(38(6)52(64)70-44)71-45-33-54(8,66-13)50(63)39(7)69-45/h16-30,34-39,43-45,47-51,53,59,61-63,65H,15,31-33H2,1-14H3/b58-46+/t34-,35-,36+,37+,38-,39+,43+,44?,45+,47-,48?,49-,50+,51-,53+,54-,55-,56-/m1/s1. The number of carbonyl (C=O) groups is 1. The molecule has 3 fully saturated rings. The largest absolute Gasteiger partial charge is 0.459 e. The predicted octanol–water partition coefficient (Wildman–Crippen LogP) is 6.81. The number of hydrogen-bond donors (Lipinski definition) is 5. The number of ether oxygens (including phenoxy) is 7. The Kier molecular flexibility index (Phi) is 19.0. The van der Waals surface area contributed by atoms with E-state index in [0.29, 0.717) is 12.1 Å². The summed E-state index contributed by atoms with van der Waals surface area (Å²) < 4.78 is 45.8. The number of aliphatic hydroxyl groups is 4. The number of rotatable bonds is 13. The van der Waals surface area contributed by atoms with E-state index in [1.165, 1.54) is 14.0 Å². The number of methoxy groups -OCH3 is 2. The van der Waals surface area contributed by atoms with Crippen LogP contribution in [0.15, 0.2) is 96.1 Å². The van der Waals surface area contributed by atoms with Gasteiger partial charge in [-0.05, 0) is 97.5 Å². The van der Waals surface area contributed by atoms with Crippen LogP contribution in [-0.2, 0) is 43.5 Å². The Bertz CT molecular complexity index is 2110. The number of nitrogens with zero attached hydrogens (tertiary/aromatic N) is 2. The Hall–Kier alpha value is -3.84. The van der Waals surface area contributed by atoms with Crippen molar-refractivity contribution in [2.45, 2.75) is 185 Å². The van der Waals surface area contributed by atoms with E-state index in [0.717, 1.165) is 16.7 Å². The molecule has 72 heavy (non-hydrogen) atoms. The van der Waals surface area contributed by atoms with Crippen LogP contribution in [0.5, 0.6) is 0 Å². The van der Waals surface area contributed by atoms with Crippen LogP contribution in [0.1, 0.15) is 112 Å². The molecule has 0 aromatic heterocycles. The molecule has 3 aromatic rings. The van der Waals surface area contributed by atoms with Gasteiger partial charge >= 0.3 is 5.97 Å². The van der Waals surface area contributed by atoms with E-state index in [9.17, 15) is 25.2 Å². The zero-order chi connectivity index (χ0) is 52.9. The van der Waals surface area contributed by atoms with Crippen molar-refractivity contribution in [3.63, 3.8) is 0 Å². The molecule has 0 bridgehead atoms. The molecule has 0 spiro atoms. The summed E-state index contributed by atoms with van der Waals surface area (Å²) in [5.41, 5.74) is 1.58. The van der Waals surface area contributed by atoms with Crippen molar-refractivity contribution >= 4 is 11.7 Å². The molecule has 15 nitrogen and oxygen atoms in total. The van der Waals surface area contributed by atoms with Crippen molar-refractivity contribution in [2.75, 3.05) is 28.3 Å². The van der Waals surface area contributed by atoms with Gasteiger partial charge in [0.2, 0.25) is 0 Å². The highest BCUT2D eigenvalue weighted by Gasteiger charge is 2.54. The lowest BCUT2D eigenvalue weighted by molar-refractivity contribution is -0.319. The molecular weight excluding hydrogens is 919 g/mol. The number of hydrazone groups is 1. The number of esters is 1. The molecule has 0 saturated carbocycles. The fourth-order valence-electron chi connectivity index (χ4n) is 11.7. The third kappa shape index (κ3) is 11.8. The Morgan fingerprint density at radius 1 is 0.750 bits per heavy atom. The van der Waals surface area contributed by atoms with Gasteiger partial charge in [0, 0.05) is 44.2 Å². The summed E-state index contributed by atoms with van der Waals surface area (Å²) in [5, 5.41) is 53.8. The molecule has 5 N–H and O–H groups in total. The number of cyclic esters (lactones) is 1. The van der Waals surface area contributed by atoms with Crippen LogP contribution in [0, 0.1) is 23.7 Å². The minimum Gasteiger partial charge on any atom is -0.459 e. The number of carbonyl (C=O) groups excluding carboxylic acids is 1. The number of likely N-dealkylation sites (N-methyl/N-ethyl adjacent to an activating group) is 1. The van der Waals surface area contributed by atoms with Crippen molar-refractivity contribution in [1.82, 2.24) is 10.3 Å². The first-order valence-corrected chi connectivity index (χ1v) is 25.9. The monoisotopic (exact) mass is 1000 g/mol. The number of hydrogen-bond acceptors (Lipinski definition) is 15. The molecule has 2 unspecified atom stereocenters. The van der Waals surface area contributed by atoms with Gasteiger partial charge in [-0.3, -0.25) is 10.2 Å².